The van der Waals surface area contributed by atoms with Crippen LogP contribution in [0.3, 0.4) is 0 Å². The van der Waals surface area contributed by atoms with E-state index in [0.717, 1.165) is 25.2 Å². The van der Waals surface area contributed by atoms with E-state index in [0.29, 0.717) is 5.88 Å². The van der Waals surface area contributed by atoms with Gasteiger partial charge in [0, 0.05) is 31.0 Å². The predicted molar refractivity (Wildman–Crippen MR) is 69.5 cm³/mol. The molecule has 0 aliphatic rings. The van der Waals surface area contributed by atoms with Crippen molar-refractivity contribution in [3.8, 4) is 5.88 Å². The highest BCUT2D eigenvalue weighted by Gasteiger charge is 2.02. The number of ether oxygens (including phenoxy) is 1. The first-order valence-corrected chi connectivity index (χ1v) is 5.97. The summed E-state index contributed by atoms with van der Waals surface area (Å²) in [5, 5.41) is 7.59. The van der Waals surface area contributed by atoms with Crippen molar-refractivity contribution in [1.82, 2.24) is 20.1 Å². The highest BCUT2D eigenvalue weighted by atomic mass is 16.5. The van der Waals surface area contributed by atoms with E-state index in [1.54, 1.807) is 13.3 Å². The van der Waals surface area contributed by atoms with Crippen molar-refractivity contribution in [2.24, 2.45) is 0 Å². The lowest BCUT2D eigenvalue weighted by Crippen LogP contribution is -2.20. The fourth-order valence-electron chi connectivity index (χ4n) is 1.75. The van der Waals surface area contributed by atoms with E-state index in [2.05, 4.69) is 15.4 Å². The molecule has 0 saturated heterocycles. The van der Waals surface area contributed by atoms with Gasteiger partial charge in [-0.25, -0.2) is 4.98 Å². The summed E-state index contributed by atoms with van der Waals surface area (Å²) in [7, 11) is 1.64. The topological polar surface area (TPSA) is 52.0 Å². The molecule has 0 aliphatic heterocycles. The van der Waals surface area contributed by atoms with Gasteiger partial charge in [0.25, 0.3) is 0 Å². The summed E-state index contributed by atoms with van der Waals surface area (Å²) in [6, 6.07) is 3.92. The van der Waals surface area contributed by atoms with Crippen molar-refractivity contribution >= 4 is 0 Å². The van der Waals surface area contributed by atoms with Crippen LogP contribution in [0.4, 0.5) is 0 Å². The molecule has 0 radical (unpaired) electrons. The maximum Gasteiger partial charge on any atom is 0.217 e. The second-order valence-corrected chi connectivity index (χ2v) is 4.13. The number of aromatic nitrogens is 3. The van der Waals surface area contributed by atoms with Crippen LogP contribution in [0, 0.1) is 6.92 Å². The molecule has 0 aliphatic carbocycles. The summed E-state index contributed by atoms with van der Waals surface area (Å²) in [4.78, 5) is 4.16. The number of hydrogen-bond acceptors (Lipinski definition) is 4. The highest BCUT2D eigenvalue weighted by Crippen LogP contribution is 2.12. The van der Waals surface area contributed by atoms with Gasteiger partial charge in [-0.3, -0.25) is 4.68 Å². The van der Waals surface area contributed by atoms with E-state index in [4.69, 9.17) is 4.74 Å². The maximum absolute atomic E-state index is 5.20. The number of pyridine rings is 1. The minimum Gasteiger partial charge on any atom is -0.481 e. The van der Waals surface area contributed by atoms with Crippen LogP contribution < -0.4 is 10.1 Å². The second-order valence-electron chi connectivity index (χ2n) is 4.13. The Morgan fingerprint density at radius 3 is 3.06 bits per heavy atom. The van der Waals surface area contributed by atoms with Gasteiger partial charge in [0.1, 0.15) is 0 Å². The lowest BCUT2D eigenvalue weighted by molar-refractivity contribution is 0.390. The molecule has 18 heavy (non-hydrogen) atoms. The molecule has 2 aromatic rings. The highest BCUT2D eigenvalue weighted by molar-refractivity contribution is 5.24. The van der Waals surface area contributed by atoms with Gasteiger partial charge in [-0.05, 0) is 18.6 Å². The molecule has 5 nitrogen and oxygen atoms in total. The first-order chi connectivity index (χ1) is 8.79. The van der Waals surface area contributed by atoms with E-state index in [1.807, 2.05) is 36.1 Å². The van der Waals surface area contributed by atoms with Gasteiger partial charge in [0.15, 0.2) is 0 Å². The SMILES string of the molecule is COc1ncccc1CNCCn1cc(C)cn1. The minimum atomic E-state index is 0.680. The molecule has 0 bridgehead atoms. The molecule has 96 valence electrons. The standard InChI is InChI=1S/C13H18N4O/c1-11-8-16-17(10-11)7-6-14-9-12-4-3-5-15-13(12)18-2/h3-5,8,10,14H,6-7,9H2,1-2H3. The molecular formula is C13H18N4O. The molecule has 0 spiro atoms. The van der Waals surface area contributed by atoms with E-state index < -0.39 is 0 Å². The molecule has 0 amide bonds. The smallest absolute Gasteiger partial charge is 0.217 e. The van der Waals surface area contributed by atoms with Gasteiger partial charge < -0.3 is 10.1 Å². The number of hydrogen-bond donors (Lipinski definition) is 1. The van der Waals surface area contributed by atoms with Crippen LogP contribution in [0.25, 0.3) is 0 Å². The Labute approximate surface area is 107 Å². The third-order valence-electron chi connectivity index (χ3n) is 2.64. The average Bonchev–Trinajstić information content (AvgIpc) is 2.81. The summed E-state index contributed by atoms with van der Waals surface area (Å²) < 4.78 is 7.13. The van der Waals surface area contributed by atoms with Crippen LogP contribution in [-0.2, 0) is 13.1 Å². The first kappa shape index (κ1) is 12.6. The Balaban J connectivity index is 1.78. The van der Waals surface area contributed by atoms with Crippen molar-refractivity contribution in [2.45, 2.75) is 20.0 Å². The van der Waals surface area contributed by atoms with Crippen LogP contribution in [0.1, 0.15) is 11.1 Å². The van der Waals surface area contributed by atoms with Crippen molar-refractivity contribution in [2.75, 3.05) is 13.7 Å². The third-order valence-corrected chi connectivity index (χ3v) is 2.64. The number of rotatable bonds is 6. The largest absolute Gasteiger partial charge is 0.481 e. The first-order valence-electron chi connectivity index (χ1n) is 5.97. The van der Waals surface area contributed by atoms with Gasteiger partial charge in [-0.1, -0.05) is 6.07 Å². The zero-order valence-electron chi connectivity index (χ0n) is 10.8. The van der Waals surface area contributed by atoms with Gasteiger partial charge >= 0.3 is 0 Å². The zero-order chi connectivity index (χ0) is 12.8. The predicted octanol–water partition coefficient (Wildman–Crippen LogP) is 1.38. The van der Waals surface area contributed by atoms with Crippen LogP contribution >= 0.6 is 0 Å². The Bertz CT molecular complexity index is 495. The zero-order valence-corrected chi connectivity index (χ0v) is 10.8. The fourth-order valence-corrected chi connectivity index (χ4v) is 1.75. The van der Waals surface area contributed by atoms with Gasteiger partial charge in [0.05, 0.1) is 19.9 Å². The van der Waals surface area contributed by atoms with E-state index in [-0.39, 0.29) is 0 Å². The number of nitrogens with one attached hydrogen (secondary N) is 1. The van der Waals surface area contributed by atoms with Crippen LogP contribution in [0.2, 0.25) is 0 Å². The lowest BCUT2D eigenvalue weighted by atomic mass is 10.2. The van der Waals surface area contributed by atoms with Gasteiger partial charge in [0.2, 0.25) is 5.88 Å². The molecule has 0 aromatic carbocycles. The normalized spacial score (nSPS) is 10.6. The van der Waals surface area contributed by atoms with Crippen LogP contribution in [0.15, 0.2) is 30.7 Å². The maximum atomic E-state index is 5.20. The van der Waals surface area contributed by atoms with Gasteiger partial charge in [-0.2, -0.15) is 5.10 Å². The number of methoxy groups -OCH3 is 1. The van der Waals surface area contributed by atoms with Crippen molar-refractivity contribution in [3.05, 3.63) is 41.9 Å². The Kier molecular flexibility index (Phi) is 4.30. The van der Waals surface area contributed by atoms with Crippen molar-refractivity contribution in [3.63, 3.8) is 0 Å². The summed E-state index contributed by atoms with van der Waals surface area (Å²) in [5.74, 6) is 0.680. The van der Waals surface area contributed by atoms with Crippen LogP contribution in [-0.4, -0.2) is 28.4 Å². The Morgan fingerprint density at radius 1 is 1.44 bits per heavy atom. The average molecular weight is 246 g/mol. The molecule has 2 aromatic heterocycles. The molecule has 2 rings (SSSR count). The number of aryl methyl sites for hydroxylation is 1. The minimum absolute atomic E-state index is 0.680. The molecule has 0 saturated carbocycles. The Hall–Kier alpha value is -1.88. The molecule has 2 heterocycles. The van der Waals surface area contributed by atoms with E-state index in [9.17, 15) is 0 Å². The summed E-state index contributed by atoms with van der Waals surface area (Å²) in [5.41, 5.74) is 2.25. The molecular weight excluding hydrogens is 228 g/mol. The fraction of sp³-hybridized carbons (Fsp3) is 0.385. The second kappa shape index (κ2) is 6.16. The summed E-state index contributed by atoms with van der Waals surface area (Å²) in [6.07, 6.45) is 5.63. The molecule has 0 fully saturated rings. The molecule has 5 heteroatoms. The van der Waals surface area contributed by atoms with Crippen molar-refractivity contribution in [1.29, 1.82) is 0 Å². The summed E-state index contributed by atoms with van der Waals surface area (Å²) >= 11 is 0. The Morgan fingerprint density at radius 2 is 2.33 bits per heavy atom. The molecule has 0 atom stereocenters. The van der Waals surface area contributed by atoms with Crippen molar-refractivity contribution < 1.29 is 4.74 Å². The lowest BCUT2D eigenvalue weighted by Gasteiger charge is -2.08. The number of nitrogens with zero attached hydrogens (tertiary/aromatic N) is 3. The monoisotopic (exact) mass is 246 g/mol. The van der Waals surface area contributed by atoms with Crippen LogP contribution in [0.5, 0.6) is 5.88 Å². The van der Waals surface area contributed by atoms with Gasteiger partial charge in [-0.15, -0.1) is 0 Å². The van der Waals surface area contributed by atoms with E-state index in [1.165, 1.54) is 5.56 Å². The molecule has 0 unspecified atom stereocenters. The quantitative estimate of drug-likeness (QED) is 0.782. The molecule has 1 N–H and O–H groups in total. The third kappa shape index (κ3) is 3.30. The van der Waals surface area contributed by atoms with E-state index >= 15 is 0 Å². The summed E-state index contributed by atoms with van der Waals surface area (Å²) in [6.45, 7) is 4.50.